The van der Waals surface area contributed by atoms with Gasteiger partial charge >= 0.3 is 0 Å². The molecule has 160 valence electrons. The summed E-state index contributed by atoms with van der Waals surface area (Å²) in [5, 5.41) is 2.99. The minimum absolute atomic E-state index is 0.0119. The van der Waals surface area contributed by atoms with E-state index in [9.17, 15) is 9.59 Å². The summed E-state index contributed by atoms with van der Waals surface area (Å²) in [7, 11) is 0. The van der Waals surface area contributed by atoms with Crippen LogP contribution in [-0.2, 0) is 20.7 Å². The number of carbonyl (C=O) groups excluding carboxylic acids is 2. The first-order valence-corrected chi connectivity index (χ1v) is 10.5. The third-order valence-electron chi connectivity index (χ3n) is 5.26. The van der Waals surface area contributed by atoms with Gasteiger partial charge in [0.2, 0.25) is 5.91 Å². The standard InChI is InChI=1S/C24H31N3O3/c1-17(2)22(28)27-12-13-30-24(16-27,23(29)26-18(3)4)14-19-7-9-20(10-8-19)21-6-5-11-25-15-21/h5-11,15,17-18H,12-14,16H2,1-4H3,(H,26,29)/t24-/m1/s1. The van der Waals surface area contributed by atoms with Crippen LogP contribution in [0.3, 0.4) is 0 Å². The van der Waals surface area contributed by atoms with Crippen LogP contribution >= 0.6 is 0 Å². The number of hydrogen-bond donors (Lipinski definition) is 1. The highest BCUT2D eigenvalue weighted by Crippen LogP contribution is 2.27. The van der Waals surface area contributed by atoms with E-state index in [1.54, 1.807) is 11.1 Å². The lowest BCUT2D eigenvalue weighted by molar-refractivity contribution is -0.167. The smallest absolute Gasteiger partial charge is 0.254 e. The summed E-state index contributed by atoms with van der Waals surface area (Å²) in [5.74, 6) is -0.241. The van der Waals surface area contributed by atoms with Crippen molar-refractivity contribution in [2.24, 2.45) is 5.92 Å². The van der Waals surface area contributed by atoms with Gasteiger partial charge in [0.05, 0.1) is 13.2 Å². The highest BCUT2D eigenvalue weighted by molar-refractivity contribution is 5.88. The number of rotatable bonds is 6. The minimum Gasteiger partial charge on any atom is -0.361 e. The average Bonchev–Trinajstić information content (AvgIpc) is 2.74. The van der Waals surface area contributed by atoms with Crippen LogP contribution < -0.4 is 5.32 Å². The van der Waals surface area contributed by atoms with E-state index in [0.29, 0.717) is 19.6 Å². The molecule has 1 aromatic heterocycles. The van der Waals surface area contributed by atoms with Gasteiger partial charge in [0.1, 0.15) is 0 Å². The summed E-state index contributed by atoms with van der Waals surface area (Å²) in [5.41, 5.74) is 2.00. The Morgan fingerprint density at radius 1 is 1.13 bits per heavy atom. The van der Waals surface area contributed by atoms with Crippen molar-refractivity contribution >= 4 is 11.8 Å². The molecule has 1 fully saturated rings. The van der Waals surface area contributed by atoms with Crippen molar-refractivity contribution in [3.63, 3.8) is 0 Å². The largest absolute Gasteiger partial charge is 0.361 e. The van der Waals surface area contributed by atoms with E-state index in [0.717, 1.165) is 16.7 Å². The molecule has 2 aromatic rings. The van der Waals surface area contributed by atoms with E-state index >= 15 is 0 Å². The van der Waals surface area contributed by atoms with Gasteiger partial charge < -0.3 is 15.0 Å². The maximum Gasteiger partial charge on any atom is 0.254 e. The fraction of sp³-hybridized carbons (Fsp3) is 0.458. The Kier molecular flexibility index (Phi) is 6.87. The van der Waals surface area contributed by atoms with Gasteiger partial charge in [-0.15, -0.1) is 0 Å². The van der Waals surface area contributed by atoms with Gasteiger partial charge in [0.25, 0.3) is 5.91 Å². The van der Waals surface area contributed by atoms with Crippen LogP contribution in [0.4, 0.5) is 0 Å². The third-order valence-corrected chi connectivity index (χ3v) is 5.26. The zero-order valence-corrected chi connectivity index (χ0v) is 18.2. The summed E-state index contributed by atoms with van der Waals surface area (Å²) in [4.78, 5) is 31.7. The van der Waals surface area contributed by atoms with E-state index in [1.165, 1.54) is 0 Å². The van der Waals surface area contributed by atoms with Crippen molar-refractivity contribution in [2.45, 2.75) is 45.8 Å². The first kappa shape index (κ1) is 22.0. The molecule has 3 rings (SSSR count). The van der Waals surface area contributed by atoms with Gasteiger partial charge in [-0.05, 0) is 36.6 Å². The predicted octanol–water partition coefficient (Wildman–Crippen LogP) is 3.07. The predicted molar refractivity (Wildman–Crippen MR) is 117 cm³/mol. The second-order valence-electron chi connectivity index (χ2n) is 8.50. The second kappa shape index (κ2) is 9.39. The van der Waals surface area contributed by atoms with Crippen molar-refractivity contribution in [2.75, 3.05) is 19.7 Å². The zero-order chi connectivity index (χ0) is 21.7. The molecule has 0 saturated carbocycles. The molecule has 1 atom stereocenters. The molecule has 1 aliphatic rings. The number of nitrogens with one attached hydrogen (secondary N) is 1. The number of hydrogen-bond acceptors (Lipinski definition) is 4. The van der Waals surface area contributed by atoms with Gasteiger partial charge in [-0.2, -0.15) is 0 Å². The molecule has 1 N–H and O–H groups in total. The van der Waals surface area contributed by atoms with E-state index in [-0.39, 0.29) is 30.3 Å². The lowest BCUT2D eigenvalue weighted by Gasteiger charge is -2.42. The lowest BCUT2D eigenvalue weighted by Crippen LogP contribution is -2.63. The Morgan fingerprint density at radius 2 is 1.87 bits per heavy atom. The Hall–Kier alpha value is -2.73. The number of nitrogens with zero attached hydrogens (tertiary/aromatic N) is 2. The average molecular weight is 410 g/mol. The van der Waals surface area contributed by atoms with E-state index < -0.39 is 5.60 Å². The first-order valence-electron chi connectivity index (χ1n) is 10.5. The Bertz CT molecular complexity index is 865. The molecule has 6 heteroatoms. The quantitative estimate of drug-likeness (QED) is 0.796. The Morgan fingerprint density at radius 3 is 2.47 bits per heavy atom. The van der Waals surface area contributed by atoms with Crippen molar-refractivity contribution in [3.05, 3.63) is 54.4 Å². The molecule has 0 unspecified atom stereocenters. The summed E-state index contributed by atoms with van der Waals surface area (Å²) < 4.78 is 6.09. The van der Waals surface area contributed by atoms with Crippen molar-refractivity contribution < 1.29 is 14.3 Å². The molecular weight excluding hydrogens is 378 g/mol. The fourth-order valence-corrected chi connectivity index (χ4v) is 3.73. The summed E-state index contributed by atoms with van der Waals surface area (Å²) in [6.07, 6.45) is 3.98. The molecule has 1 saturated heterocycles. The molecule has 1 aliphatic heterocycles. The SMILES string of the molecule is CC(C)NC(=O)[C@@]1(Cc2ccc(-c3cccnc3)cc2)CN(C(=O)C(C)C)CCO1. The van der Waals surface area contributed by atoms with Gasteiger partial charge in [-0.25, -0.2) is 0 Å². The van der Waals surface area contributed by atoms with Gasteiger partial charge in [-0.1, -0.05) is 44.2 Å². The van der Waals surface area contributed by atoms with Gasteiger partial charge in [0, 0.05) is 37.3 Å². The zero-order valence-electron chi connectivity index (χ0n) is 18.2. The Balaban J connectivity index is 1.85. The highest BCUT2D eigenvalue weighted by atomic mass is 16.5. The van der Waals surface area contributed by atoms with Crippen LogP contribution in [0.2, 0.25) is 0 Å². The molecule has 0 bridgehead atoms. The summed E-state index contributed by atoms with van der Waals surface area (Å²) in [6.45, 7) is 8.72. The normalized spacial score (nSPS) is 19.2. The van der Waals surface area contributed by atoms with Crippen LogP contribution in [-0.4, -0.2) is 53.0 Å². The maximum absolute atomic E-state index is 13.2. The van der Waals surface area contributed by atoms with Crippen LogP contribution in [0.15, 0.2) is 48.8 Å². The monoisotopic (exact) mass is 409 g/mol. The molecular formula is C24H31N3O3. The van der Waals surface area contributed by atoms with Gasteiger partial charge in [-0.3, -0.25) is 14.6 Å². The highest BCUT2D eigenvalue weighted by Gasteiger charge is 2.45. The fourth-order valence-electron chi connectivity index (χ4n) is 3.73. The van der Waals surface area contributed by atoms with E-state index in [4.69, 9.17) is 4.74 Å². The third kappa shape index (κ3) is 5.05. The number of benzene rings is 1. The number of carbonyl (C=O) groups is 2. The molecule has 0 spiro atoms. The maximum atomic E-state index is 13.2. The summed E-state index contributed by atoms with van der Waals surface area (Å²) >= 11 is 0. The number of ether oxygens (including phenoxy) is 1. The molecule has 1 aromatic carbocycles. The van der Waals surface area contributed by atoms with E-state index in [1.807, 2.05) is 70.3 Å². The van der Waals surface area contributed by atoms with Crippen LogP contribution in [0, 0.1) is 5.92 Å². The summed E-state index contributed by atoms with van der Waals surface area (Å²) in [6, 6.07) is 12.0. The number of morpholine rings is 1. The number of amides is 2. The van der Waals surface area contributed by atoms with Crippen LogP contribution in [0.25, 0.3) is 11.1 Å². The van der Waals surface area contributed by atoms with Crippen LogP contribution in [0.1, 0.15) is 33.3 Å². The number of aromatic nitrogens is 1. The van der Waals surface area contributed by atoms with Crippen molar-refractivity contribution in [1.29, 1.82) is 0 Å². The van der Waals surface area contributed by atoms with Crippen molar-refractivity contribution in [3.8, 4) is 11.1 Å². The minimum atomic E-state index is -1.09. The molecule has 0 aliphatic carbocycles. The molecule has 0 radical (unpaired) electrons. The van der Waals surface area contributed by atoms with Gasteiger partial charge in [0.15, 0.2) is 5.60 Å². The van der Waals surface area contributed by atoms with Crippen LogP contribution in [0.5, 0.6) is 0 Å². The molecule has 6 nitrogen and oxygen atoms in total. The number of pyridine rings is 1. The first-order chi connectivity index (χ1) is 14.3. The van der Waals surface area contributed by atoms with Crippen molar-refractivity contribution in [1.82, 2.24) is 15.2 Å². The second-order valence-corrected chi connectivity index (χ2v) is 8.50. The van der Waals surface area contributed by atoms with E-state index in [2.05, 4.69) is 10.3 Å². The molecule has 30 heavy (non-hydrogen) atoms. The Labute approximate surface area is 178 Å². The lowest BCUT2D eigenvalue weighted by atomic mass is 9.90. The molecule has 2 heterocycles. The topological polar surface area (TPSA) is 71.5 Å². The molecule has 2 amide bonds.